The second kappa shape index (κ2) is 7.75. The first-order valence-electron chi connectivity index (χ1n) is 8.44. The van der Waals surface area contributed by atoms with Crippen LogP contribution in [0.2, 0.25) is 0 Å². The van der Waals surface area contributed by atoms with E-state index in [0.29, 0.717) is 5.92 Å². The maximum atomic E-state index is 6.76. The molecule has 0 aliphatic heterocycles. The zero-order chi connectivity index (χ0) is 16.8. The molecule has 0 aromatic heterocycles. The number of hydrogen-bond donors (Lipinski definition) is 0. The van der Waals surface area contributed by atoms with E-state index in [0.717, 1.165) is 6.61 Å². The van der Waals surface area contributed by atoms with Gasteiger partial charge in [0, 0.05) is 15.9 Å². The smallest absolute Gasteiger partial charge is 0.0704 e. The average Bonchev–Trinajstić information content (AvgIpc) is 2.65. The van der Waals surface area contributed by atoms with E-state index in [4.69, 9.17) is 4.52 Å². The highest BCUT2D eigenvalue weighted by atomic mass is 31.2. The van der Waals surface area contributed by atoms with Gasteiger partial charge in [0.05, 0.1) is 14.1 Å². The van der Waals surface area contributed by atoms with Gasteiger partial charge < -0.3 is 4.52 Å². The summed E-state index contributed by atoms with van der Waals surface area (Å²) in [4.78, 5) is 0. The molecule has 2 heteroatoms. The highest BCUT2D eigenvalue weighted by Crippen LogP contribution is 2.56. The second-order valence-corrected chi connectivity index (χ2v) is 9.33. The van der Waals surface area contributed by atoms with Gasteiger partial charge in [-0.05, 0) is 5.92 Å². The molecule has 3 aromatic rings. The summed E-state index contributed by atoms with van der Waals surface area (Å²) in [6.07, 6.45) is 0. The van der Waals surface area contributed by atoms with Crippen LogP contribution in [0.15, 0.2) is 91.0 Å². The first-order valence-corrected chi connectivity index (χ1v) is 10.1. The Balaban J connectivity index is 2.24. The Morgan fingerprint density at radius 2 is 0.958 bits per heavy atom. The van der Waals surface area contributed by atoms with Crippen molar-refractivity contribution in [2.24, 2.45) is 5.92 Å². The number of rotatable bonds is 6. The van der Waals surface area contributed by atoms with Crippen LogP contribution in [0.1, 0.15) is 13.8 Å². The first kappa shape index (κ1) is 16.9. The minimum Gasteiger partial charge on any atom is -0.352 e. The van der Waals surface area contributed by atoms with E-state index in [1.54, 1.807) is 0 Å². The zero-order valence-corrected chi connectivity index (χ0v) is 15.2. The van der Waals surface area contributed by atoms with Crippen molar-refractivity contribution >= 4 is 23.4 Å². The van der Waals surface area contributed by atoms with E-state index in [2.05, 4.69) is 105 Å². The molecule has 3 aromatic carbocycles. The van der Waals surface area contributed by atoms with E-state index in [9.17, 15) is 0 Å². The van der Waals surface area contributed by atoms with Gasteiger partial charge in [0.2, 0.25) is 0 Å². The Morgan fingerprint density at radius 1 is 0.625 bits per heavy atom. The first-order chi connectivity index (χ1) is 11.7. The number of hydrogen-bond acceptors (Lipinski definition) is 1. The lowest BCUT2D eigenvalue weighted by molar-refractivity contribution is 0.300. The fourth-order valence-electron chi connectivity index (χ4n) is 2.85. The summed E-state index contributed by atoms with van der Waals surface area (Å²) in [6, 6.07) is 32.0. The molecule has 0 aliphatic rings. The van der Waals surface area contributed by atoms with E-state index < -0.39 is 7.49 Å². The minimum atomic E-state index is -2.11. The van der Waals surface area contributed by atoms with Gasteiger partial charge in [-0.3, -0.25) is 0 Å². The molecular weight excluding hydrogens is 311 g/mol. The van der Waals surface area contributed by atoms with Crippen LogP contribution in [0.4, 0.5) is 0 Å². The van der Waals surface area contributed by atoms with Crippen LogP contribution in [0, 0.1) is 5.92 Å². The van der Waals surface area contributed by atoms with Gasteiger partial charge in [-0.1, -0.05) is 105 Å². The van der Waals surface area contributed by atoms with Crippen LogP contribution in [0.25, 0.3) is 0 Å². The van der Waals surface area contributed by atoms with Gasteiger partial charge in [-0.25, -0.2) is 0 Å². The van der Waals surface area contributed by atoms with Crippen molar-refractivity contribution < 1.29 is 4.52 Å². The topological polar surface area (TPSA) is 9.23 Å². The van der Waals surface area contributed by atoms with Gasteiger partial charge in [0.15, 0.2) is 0 Å². The SMILES string of the molecule is CC(C)CO[P](c1ccccc1)(c1ccccc1)c1ccccc1. The Hall–Kier alpha value is -1.95. The third kappa shape index (κ3) is 3.43. The molecule has 123 valence electrons. The third-order valence-electron chi connectivity index (χ3n) is 3.96. The molecule has 1 radical (unpaired) electrons. The molecular formula is C22H24OP. The Bertz CT molecular complexity index is 642. The lowest BCUT2D eigenvalue weighted by Gasteiger charge is -2.38. The van der Waals surface area contributed by atoms with E-state index >= 15 is 0 Å². The predicted molar refractivity (Wildman–Crippen MR) is 106 cm³/mol. The molecule has 0 unspecified atom stereocenters. The summed E-state index contributed by atoms with van der Waals surface area (Å²) in [6.45, 7) is 5.15. The van der Waals surface area contributed by atoms with Crippen molar-refractivity contribution in [2.75, 3.05) is 6.61 Å². The molecule has 0 atom stereocenters. The molecule has 0 saturated carbocycles. The van der Waals surface area contributed by atoms with Gasteiger partial charge >= 0.3 is 0 Å². The van der Waals surface area contributed by atoms with E-state index in [1.807, 2.05) is 0 Å². The van der Waals surface area contributed by atoms with Crippen molar-refractivity contribution in [1.82, 2.24) is 0 Å². The van der Waals surface area contributed by atoms with Crippen LogP contribution < -0.4 is 15.9 Å². The molecule has 0 heterocycles. The molecule has 0 N–H and O–H groups in total. The molecule has 3 rings (SSSR count). The molecule has 1 nitrogen and oxygen atoms in total. The summed E-state index contributed by atoms with van der Waals surface area (Å²) in [5.41, 5.74) is 0. The van der Waals surface area contributed by atoms with Crippen molar-refractivity contribution in [3.63, 3.8) is 0 Å². The summed E-state index contributed by atoms with van der Waals surface area (Å²) in [5.74, 6) is 0.487. The highest BCUT2D eigenvalue weighted by Gasteiger charge is 2.35. The second-order valence-electron chi connectivity index (χ2n) is 6.31. The lowest BCUT2D eigenvalue weighted by Crippen LogP contribution is -2.33. The van der Waals surface area contributed by atoms with Crippen LogP contribution in [-0.4, -0.2) is 6.61 Å². The van der Waals surface area contributed by atoms with Crippen LogP contribution in [-0.2, 0) is 4.52 Å². The van der Waals surface area contributed by atoms with Gasteiger partial charge in [-0.15, -0.1) is 0 Å². The summed E-state index contributed by atoms with van der Waals surface area (Å²) in [5, 5.41) is 3.80. The molecule has 0 aliphatic carbocycles. The highest BCUT2D eigenvalue weighted by molar-refractivity contribution is 7.91. The van der Waals surface area contributed by atoms with E-state index in [-0.39, 0.29) is 0 Å². The van der Waals surface area contributed by atoms with Crippen molar-refractivity contribution in [1.29, 1.82) is 0 Å². The monoisotopic (exact) mass is 335 g/mol. The molecule has 24 heavy (non-hydrogen) atoms. The Morgan fingerprint density at radius 3 is 1.25 bits per heavy atom. The predicted octanol–water partition coefficient (Wildman–Crippen LogP) is 4.57. The Kier molecular flexibility index (Phi) is 5.45. The van der Waals surface area contributed by atoms with Crippen molar-refractivity contribution in [3.8, 4) is 0 Å². The fraction of sp³-hybridized carbons (Fsp3) is 0.182. The number of benzene rings is 3. The standard InChI is InChI=1S/C22H24OP/c1-19(2)18-23-24(20-12-6-3-7-13-20,21-14-8-4-9-15-21)22-16-10-5-11-17-22/h3-17,19H,18H2,1-2H3. The average molecular weight is 335 g/mol. The summed E-state index contributed by atoms with van der Waals surface area (Å²) >= 11 is 0. The molecule has 0 fully saturated rings. The molecule has 0 amide bonds. The van der Waals surface area contributed by atoms with Gasteiger partial charge in [-0.2, -0.15) is 0 Å². The van der Waals surface area contributed by atoms with Crippen LogP contribution in [0.5, 0.6) is 0 Å². The quantitative estimate of drug-likeness (QED) is 0.600. The zero-order valence-electron chi connectivity index (χ0n) is 14.3. The molecule has 0 spiro atoms. The molecule has 0 saturated heterocycles. The summed E-state index contributed by atoms with van der Waals surface area (Å²) < 4.78 is 6.76. The van der Waals surface area contributed by atoms with Crippen LogP contribution in [0.3, 0.4) is 0 Å². The third-order valence-corrected chi connectivity index (χ3v) is 7.57. The normalized spacial score (nSPS) is 11.6. The largest absolute Gasteiger partial charge is 0.352 e. The van der Waals surface area contributed by atoms with Crippen LogP contribution >= 0.6 is 7.49 Å². The maximum Gasteiger partial charge on any atom is 0.0704 e. The van der Waals surface area contributed by atoms with Gasteiger partial charge in [0.25, 0.3) is 0 Å². The maximum absolute atomic E-state index is 6.76. The van der Waals surface area contributed by atoms with E-state index in [1.165, 1.54) is 15.9 Å². The Labute approximate surface area is 145 Å². The lowest BCUT2D eigenvalue weighted by atomic mass is 10.2. The fourth-order valence-corrected chi connectivity index (χ4v) is 6.48. The van der Waals surface area contributed by atoms with Gasteiger partial charge in [0.1, 0.15) is 0 Å². The van der Waals surface area contributed by atoms with Crippen molar-refractivity contribution in [2.45, 2.75) is 13.8 Å². The van der Waals surface area contributed by atoms with Crippen molar-refractivity contribution in [3.05, 3.63) is 91.0 Å². The minimum absolute atomic E-state index is 0.487. The summed E-state index contributed by atoms with van der Waals surface area (Å²) in [7, 11) is -2.11. The molecule has 0 bridgehead atoms.